The molecular formula is C29H32N4O4. The van der Waals surface area contributed by atoms with Crippen LogP contribution in [0.5, 0.6) is 11.5 Å². The topological polar surface area (TPSA) is 78.1 Å². The van der Waals surface area contributed by atoms with Crippen LogP contribution in [0.2, 0.25) is 0 Å². The number of carbonyl (C=O) groups excluding carboxylic acids is 2. The molecule has 0 bridgehead atoms. The van der Waals surface area contributed by atoms with Crippen LogP contribution in [0, 0.1) is 0 Å². The third kappa shape index (κ3) is 3.61. The highest BCUT2D eigenvalue weighted by Crippen LogP contribution is 2.45. The van der Waals surface area contributed by atoms with E-state index in [0.717, 1.165) is 66.6 Å². The number of fused-ring (bicyclic) bond motifs is 5. The van der Waals surface area contributed by atoms with E-state index in [1.807, 2.05) is 40.1 Å². The maximum Gasteiger partial charge on any atom is 0.246 e. The number of piperazine rings is 1. The number of hydrogen-bond acceptors (Lipinski definition) is 5. The van der Waals surface area contributed by atoms with Crippen molar-refractivity contribution in [3.05, 3.63) is 59.3 Å². The number of unbranched alkanes of at least 4 members (excludes halogenated alkanes) is 1. The molecule has 8 heteroatoms. The van der Waals surface area contributed by atoms with Crippen LogP contribution in [0.15, 0.2) is 42.5 Å². The molecule has 4 aliphatic rings. The number of hydrogen-bond donors (Lipinski definition) is 1. The third-order valence-electron chi connectivity index (χ3n) is 8.52. The summed E-state index contributed by atoms with van der Waals surface area (Å²) in [6.45, 7) is 5.44. The van der Waals surface area contributed by atoms with Crippen molar-refractivity contribution in [2.75, 3.05) is 33.0 Å². The molecule has 1 aromatic heterocycles. The van der Waals surface area contributed by atoms with Crippen molar-refractivity contribution >= 4 is 22.7 Å². The van der Waals surface area contributed by atoms with Crippen molar-refractivity contribution in [2.45, 2.75) is 50.7 Å². The molecule has 3 atom stereocenters. The molecule has 37 heavy (non-hydrogen) atoms. The van der Waals surface area contributed by atoms with Crippen LogP contribution in [0.25, 0.3) is 10.9 Å². The van der Waals surface area contributed by atoms with Gasteiger partial charge in [-0.2, -0.15) is 0 Å². The summed E-state index contributed by atoms with van der Waals surface area (Å²) in [7, 11) is 0. The molecule has 192 valence electrons. The Morgan fingerprint density at radius 1 is 1.08 bits per heavy atom. The number of rotatable bonds is 5. The fraction of sp³-hybridized carbons (Fsp3) is 0.448. The van der Waals surface area contributed by atoms with Crippen molar-refractivity contribution in [1.29, 1.82) is 0 Å². The first-order valence-corrected chi connectivity index (χ1v) is 13.5. The maximum atomic E-state index is 14.1. The van der Waals surface area contributed by atoms with Crippen molar-refractivity contribution in [1.82, 2.24) is 19.7 Å². The Bertz CT molecular complexity index is 1380. The monoisotopic (exact) mass is 500 g/mol. The standard InChI is InChI=1S/C29H32N4O4/c1-2-3-11-31-12-10-19(15-31)32-16-26(34)33-23(29(32)35)14-21-20-6-4-5-7-22(20)30-27(21)28(33)18-8-9-24-25(13-18)37-17-36-24/h4-9,13,19,23,28,30H,2-3,10-12,14-17H2,1H3/t19-,23-,28-/m1/s1. The highest BCUT2D eigenvalue weighted by Gasteiger charge is 2.50. The third-order valence-corrected chi connectivity index (χ3v) is 8.52. The predicted molar refractivity (Wildman–Crippen MR) is 139 cm³/mol. The average Bonchev–Trinajstić information content (AvgIpc) is 3.66. The molecule has 0 aliphatic carbocycles. The number of ether oxygens (including phenoxy) is 2. The summed E-state index contributed by atoms with van der Waals surface area (Å²) in [4.78, 5) is 37.7. The number of H-pyrrole nitrogens is 1. The first kappa shape index (κ1) is 22.7. The molecule has 1 N–H and O–H groups in total. The van der Waals surface area contributed by atoms with Gasteiger partial charge in [0.15, 0.2) is 11.5 Å². The van der Waals surface area contributed by atoms with E-state index in [2.05, 4.69) is 28.9 Å². The van der Waals surface area contributed by atoms with E-state index in [1.165, 1.54) is 0 Å². The summed E-state index contributed by atoms with van der Waals surface area (Å²) < 4.78 is 11.2. The normalized spacial score (nSPS) is 25.2. The molecule has 0 unspecified atom stereocenters. The van der Waals surface area contributed by atoms with Gasteiger partial charge in [0.05, 0.1) is 6.04 Å². The number of carbonyl (C=O) groups is 2. The van der Waals surface area contributed by atoms with E-state index in [9.17, 15) is 9.59 Å². The number of amides is 2. The zero-order chi connectivity index (χ0) is 25.1. The summed E-state index contributed by atoms with van der Waals surface area (Å²) in [6.07, 6.45) is 3.78. The fourth-order valence-corrected chi connectivity index (χ4v) is 6.68. The highest BCUT2D eigenvalue weighted by molar-refractivity contribution is 5.98. The summed E-state index contributed by atoms with van der Waals surface area (Å²) in [5.41, 5.74) is 4.05. The second-order valence-corrected chi connectivity index (χ2v) is 10.7. The first-order valence-electron chi connectivity index (χ1n) is 13.5. The van der Waals surface area contributed by atoms with Crippen molar-refractivity contribution in [3.63, 3.8) is 0 Å². The number of para-hydroxylation sites is 1. The van der Waals surface area contributed by atoms with Crippen LogP contribution in [0.1, 0.15) is 49.0 Å². The fourth-order valence-electron chi connectivity index (χ4n) is 6.68. The van der Waals surface area contributed by atoms with E-state index in [4.69, 9.17) is 9.47 Å². The van der Waals surface area contributed by atoms with E-state index in [1.54, 1.807) is 0 Å². The van der Waals surface area contributed by atoms with Crippen molar-refractivity contribution in [2.24, 2.45) is 0 Å². The SMILES string of the molecule is CCCCN1CC[C@@H](N2CC(=O)N3[C@H](c4ccc5c(c4)OCO5)c4[nH]c5ccccc5c4C[C@@H]3C2=O)C1. The van der Waals surface area contributed by atoms with Gasteiger partial charge in [0.1, 0.15) is 12.6 Å². The zero-order valence-electron chi connectivity index (χ0n) is 21.1. The van der Waals surface area contributed by atoms with Crippen LogP contribution in [-0.2, 0) is 16.0 Å². The molecule has 0 saturated carbocycles. The molecule has 0 radical (unpaired) electrons. The Labute approximate surface area is 216 Å². The molecule has 2 saturated heterocycles. The molecule has 2 aromatic carbocycles. The number of likely N-dealkylation sites (tertiary alicyclic amines) is 1. The average molecular weight is 501 g/mol. The van der Waals surface area contributed by atoms with Gasteiger partial charge in [-0.3, -0.25) is 9.59 Å². The number of nitrogens with one attached hydrogen (secondary N) is 1. The summed E-state index contributed by atoms with van der Waals surface area (Å²) in [5, 5.41) is 1.12. The summed E-state index contributed by atoms with van der Waals surface area (Å²) >= 11 is 0. The van der Waals surface area contributed by atoms with E-state index in [0.29, 0.717) is 17.9 Å². The van der Waals surface area contributed by atoms with Crippen LogP contribution < -0.4 is 9.47 Å². The molecule has 4 aliphatic heterocycles. The first-order chi connectivity index (χ1) is 18.1. The molecule has 7 rings (SSSR count). The Balaban J connectivity index is 1.28. The Morgan fingerprint density at radius 3 is 2.84 bits per heavy atom. The van der Waals surface area contributed by atoms with Gasteiger partial charge in [0.25, 0.3) is 0 Å². The largest absolute Gasteiger partial charge is 0.454 e. The second kappa shape index (κ2) is 8.80. The smallest absolute Gasteiger partial charge is 0.246 e. The molecule has 5 heterocycles. The summed E-state index contributed by atoms with van der Waals surface area (Å²) in [6, 6.07) is 13.2. The molecule has 8 nitrogen and oxygen atoms in total. The van der Waals surface area contributed by atoms with E-state index < -0.39 is 6.04 Å². The lowest BCUT2D eigenvalue weighted by molar-refractivity contribution is -0.160. The van der Waals surface area contributed by atoms with Crippen molar-refractivity contribution < 1.29 is 19.1 Å². The zero-order valence-corrected chi connectivity index (χ0v) is 21.1. The molecule has 0 spiro atoms. The van der Waals surface area contributed by atoms with Crippen molar-refractivity contribution in [3.8, 4) is 11.5 Å². The van der Waals surface area contributed by atoms with E-state index in [-0.39, 0.29) is 37.2 Å². The molecule has 2 amide bonds. The van der Waals surface area contributed by atoms with Gasteiger partial charge >= 0.3 is 0 Å². The lowest BCUT2D eigenvalue weighted by atomic mass is 9.85. The lowest BCUT2D eigenvalue weighted by Crippen LogP contribution is -2.65. The van der Waals surface area contributed by atoms with Gasteiger partial charge in [0, 0.05) is 42.1 Å². The summed E-state index contributed by atoms with van der Waals surface area (Å²) in [5.74, 6) is 1.45. The lowest BCUT2D eigenvalue weighted by Gasteiger charge is -2.48. The van der Waals surface area contributed by atoms with Gasteiger partial charge in [-0.05, 0) is 48.7 Å². The Morgan fingerprint density at radius 2 is 1.95 bits per heavy atom. The van der Waals surface area contributed by atoms with Crippen LogP contribution in [0.3, 0.4) is 0 Å². The molecule has 3 aromatic rings. The highest BCUT2D eigenvalue weighted by atomic mass is 16.7. The number of aromatic amines is 1. The van der Waals surface area contributed by atoms with Gasteiger partial charge in [-0.15, -0.1) is 0 Å². The van der Waals surface area contributed by atoms with Gasteiger partial charge in [0.2, 0.25) is 18.6 Å². The number of nitrogens with zero attached hydrogens (tertiary/aromatic N) is 3. The van der Waals surface area contributed by atoms with Crippen LogP contribution >= 0.6 is 0 Å². The van der Waals surface area contributed by atoms with Crippen LogP contribution in [0.4, 0.5) is 0 Å². The van der Waals surface area contributed by atoms with Crippen LogP contribution in [-0.4, -0.2) is 76.6 Å². The minimum atomic E-state index is -0.520. The Kier molecular flexibility index (Phi) is 5.39. The Hall–Kier alpha value is -3.52. The number of benzene rings is 2. The predicted octanol–water partition coefficient (Wildman–Crippen LogP) is 3.46. The quantitative estimate of drug-likeness (QED) is 0.581. The molecular weight excluding hydrogens is 468 g/mol. The van der Waals surface area contributed by atoms with Gasteiger partial charge in [-0.1, -0.05) is 37.6 Å². The van der Waals surface area contributed by atoms with Gasteiger partial charge < -0.3 is 29.2 Å². The van der Waals surface area contributed by atoms with Gasteiger partial charge in [-0.25, -0.2) is 0 Å². The van der Waals surface area contributed by atoms with E-state index >= 15 is 0 Å². The second-order valence-electron chi connectivity index (χ2n) is 10.7. The molecule has 2 fully saturated rings. The maximum absolute atomic E-state index is 14.1. The number of aromatic nitrogens is 1. The minimum Gasteiger partial charge on any atom is -0.454 e. The minimum absolute atomic E-state index is 0.00332.